The number of hydrogen-bond acceptors (Lipinski definition) is 2. The highest BCUT2D eigenvalue weighted by molar-refractivity contribution is 5.97. The minimum Gasteiger partial charge on any atom is -0.328 e. The van der Waals surface area contributed by atoms with Gasteiger partial charge in [0.25, 0.3) is 5.91 Å². The second-order valence-electron chi connectivity index (χ2n) is 4.14. The van der Waals surface area contributed by atoms with Crippen LogP contribution in [0.25, 0.3) is 0 Å². The van der Waals surface area contributed by atoms with Crippen molar-refractivity contribution in [2.24, 2.45) is 0 Å². The Bertz CT molecular complexity index is 551. The van der Waals surface area contributed by atoms with Gasteiger partial charge in [-0.3, -0.25) is 9.78 Å². The highest BCUT2D eigenvalue weighted by atomic mass is 16.2. The van der Waals surface area contributed by atoms with Crippen molar-refractivity contribution in [1.29, 1.82) is 0 Å². The predicted molar refractivity (Wildman–Crippen MR) is 64.3 cm³/mol. The minimum absolute atomic E-state index is 0.0805. The first-order chi connectivity index (χ1) is 8.34. The molecule has 0 unspecified atom stereocenters. The third-order valence-corrected chi connectivity index (χ3v) is 2.96. The third kappa shape index (κ3) is 1.80. The fourth-order valence-corrected chi connectivity index (χ4v) is 2.11. The van der Waals surface area contributed by atoms with Gasteiger partial charge in [-0.2, -0.15) is 0 Å². The van der Waals surface area contributed by atoms with Gasteiger partial charge >= 0.3 is 0 Å². The molecule has 0 atom stereocenters. The van der Waals surface area contributed by atoms with Gasteiger partial charge in [-0.05, 0) is 17.7 Å². The molecule has 84 valence electrons. The van der Waals surface area contributed by atoms with Gasteiger partial charge in [0.2, 0.25) is 0 Å². The van der Waals surface area contributed by atoms with E-state index in [0.717, 1.165) is 16.8 Å². The number of pyridine rings is 1. The van der Waals surface area contributed by atoms with Gasteiger partial charge < -0.3 is 4.90 Å². The predicted octanol–water partition coefficient (Wildman–Crippen LogP) is 2.24. The summed E-state index contributed by atoms with van der Waals surface area (Å²) in [4.78, 5) is 18.2. The number of hydrogen-bond donors (Lipinski definition) is 0. The number of carbonyl (C=O) groups is 1. The molecule has 1 aliphatic rings. The van der Waals surface area contributed by atoms with E-state index in [4.69, 9.17) is 0 Å². The van der Waals surface area contributed by atoms with E-state index >= 15 is 0 Å². The van der Waals surface area contributed by atoms with Gasteiger partial charge in [-0.1, -0.05) is 30.3 Å². The largest absolute Gasteiger partial charge is 0.328 e. The number of fused-ring (bicyclic) bond motifs is 1. The molecular formula is C14H12N2O. The number of amides is 1. The maximum Gasteiger partial charge on any atom is 0.256 e. The van der Waals surface area contributed by atoms with E-state index in [9.17, 15) is 4.79 Å². The van der Waals surface area contributed by atoms with Crippen LogP contribution in [0, 0.1) is 0 Å². The van der Waals surface area contributed by atoms with Gasteiger partial charge in [-0.15, -0.1) is 0 Å². The zero-order valence-electron chi connectivity index (χ0n) is 9.34. The van der Waals surface area contributed by atoms with Crippen LogP contribution >= 0.6 is 0 Å². The molecule has 2 aromatic rings. The lowest BCUT2D eigenvalue weighted by atomic mass is 10.2. The Hall–Kier alpha value is -2.16. The second kappa shape index (κ2) is 4.01. The molecule has 0 fully saturated rings. The molecule has 17 heavy (non-hydrogen) atoms. The Morgan fingerprint density at radius 1 is 1.12 bits per heavy atom. The van der Waals surface area contributed by atoms with Crippen molar-refractivity contribution in [2.45, 2.75) is 13.1 Å². The molecule has 1 aromatic heterocycles. The smallest absolute Gasteiger partial charge is 0.256 e. The highest BCUT2D eigenvalue weighted by Crippen LogP contribution is 2.21. The fourth-order valence-electron chi connectivity index (χ4n) is 2.11. The summed E-state index contributed by atoms with van der Waals surface area (Å²) in [5.74, 6) is 0.0805. The van der Waals surface area contributed by atoms with E-state index in [-0.39, 0.29) is 5.91 Å². The van der Waals surface area contributed by atoms with Gasteiger partial charge in [0, 0.05) is 12.7 Å². The summed E-state index contributed by atoms with van der Waals surface area (Å²) in [6, 6.07) is 13.7. The second-order valence-corrected chi connectivity index (χ2v) is 4.14. The average molecular weight is 224 g/mol. The van der Waals surface area contributed by atoms with Crippen LogP contribution in [0.3, 0.4) is 0 Å². The summed E-state index contributed by atoms with van der Waals surface area (Å²) >= 11 is 0. The zero-order valence-corrected chi connectivity index (χ0v) is 9.34. The van der Waals surface area contributed by atoms with Gasteiger partial charge in [0.1, 0.15) is 0 Å². The molecule has 0 radical (unpaired) electrons. The summed E-state index contributed by atoms with van der Waals surface area (Å²) in [6.45, 7) is 1.26. The minimum atomic E-state index is 0.0805. The summed E-state index contributed by atoms with van der Waals surface area (Å²) in [7, 11) is 0. The van der Waals surface area contributed by atoms with E-state index in [1.165, 1.54) is 0 Å². The molecule has 3 heteroatoms. The van der Waals surface area contributed by atoms with E-state index in [0.29, 0.717) is 13.1 Å². The lowest BCUT2D eigenvalue weighted by Gasteiger charge is -2.14. The van der Waals surface area contributed by atoms with Crippen molar-refractivity contribution in [2.75, 3.05) is 0 Å². The normalized spacial score (nSPS) is 13.9. The number of benzene rings is 1. The van der Waals surface area contributed by atoms with Crippen molar-refractivity contribution < 1.29 is 4.79 Å². The molecule has 0 saturated carbocycles. The Morgan fingerprint density at radius 2 is 1.94 bits per heavy atom. The first-order valence-corrected chi connectivity index (χ1v) is 5.62. The number of carbonyl (C=O) groups excluding carboxylic acids is 1. The summed E-state index contributed by atoms with van der Waals surface area (Å²) < 4.78 is 0. The van der Waals surface area contributed by atoms with Crippen LogP contribution in [0.5, 0.6) is 0 Å². The Kier molecular flexibility index (Phi) is 2.37. The van der Waals surface area contributed by atoms with Crippen molar-refractivity contribution in [3.8, 4) is 0 Å². The van der Waals surface area contributed by atoms with Crippen LogP contribution in [0.2, 0.25) is 0 Å². The number of aromatic nitrogens is 1. The molecule has 2 heterocycles. The van der Waals surface area contributed by atoms with E-state index in [1.54, 1.807) is 6.20 Å². The van der Waals surface area contributed by atoms with E-state index in [2.05, 4.69) is 4.98 Å². The molecule has 1 aliphatic heterocycles. The molecule has 0 saturated heterocycles. The van der Waals surface area contributed by atoms with Crippen LogP contribution in [0.1, 0.15) is 21.6 Å². The van der Waals surface area contributed by atoms with Crippen LogP contribution in [0.4, 0.5) is 0 Å². The molecule has 0 N–H and O–H groups in total. The van der Waals surface area contributed by atoms with Crippen molar-refractivity contribution in [3.05, 3.63) is 65.5 Å². The first-order valence-electron chi connectivity index (χ1n) is 5.62. The SMILES string of the molecule is O=C1c2cccnc2CN1Cc1ccccc1. The van der Waals surface area contributed by atoms with E-state index < -0.39 is 0 Å². The summed E-state index contributed by atoms with van der Waals surface area (Å²) in [5.41, 5.74) is 2.77. The van der Waals surface area contributed by atoms with Crippen LogP contribution in [0.15, 0.2) is 48.7 Å². The fraction of sp³-hybridized carbons (Fsp3) is 0.143. The van der Waals surface area contributed by atoms with Gasteiger partial charge in [0.15, 0.2) is 0 Å². The molecule has 0 bridgehead atoms. The third-order valence-electron chi connectivity index (χ3n) is 2.96. The van der Waals surface area contributed by atoms with Crippen molar-refractivity contribution in [3.63, 3.8) is 0 Å². The van der Waals surface area contributed by atoms with Crippen LogP contribution < -0.4 is 0 Å². The lowest BCUT2D eigenvalue weighted by Crippen LogP contribution is -2.23. The summed E-state index contributed by atoms with van der Waals surface area (Å²) in [5, 5.41) is 0. The Morgan fingerprint density at radius 3 is 2.71 bits per heavy atom. The maximum atomic E-state index is 12.1. The van der Waals surface area contributed by atoms with Crippen molar-refractivity contribution in [1.82, 2.24) is 9.88 Å². The molecule has 0 aliphatic carbocycles. The Labute approximate surface area is 99.7 Å². The van der Waals surface area contributed by atoms with Crippen LogP contribution in [-0.2, 0) is 13.1 Å². The quantitative estimate of drug-likeness (QED) is 0.783. The molecular weight excluding hydrogens is 212 g/mol. The topological polar surface area (TPSA) is 33.2 Å². The maximum absolute atomic E-state index is 12.1. The highest BCUT2D eigenvalue weighted by Gasteiger charge is 2.27. The molecule has 0 spiro atoms. The molecule has 3 nitrogen and oxygen atoms in total. The molecule has 3 rings (SSSR count). The summed E-state index contributed by atoms with van der Waals surface area (Å²) in [6.07, 6.45) is 1.73. The number of nitrogens with zero attached hydrogens (tertiary/aromatic N) is 2. The van der Waals surface area contributed by atoms with Gasteiger partial charge in [0.05, 0.1) is 17.8 Å². The molecule has 1 amide bonds. The Balaban J connectivity index is 1.83. The average Bonchev–Trinajstić information content (AvgIpc) is 2.68. The van der Waals surface area contributed by atoms with E-state index in [1.807, 2.05) is 47.4 Å². The lowest BCUT2D eigenvalue weighted by molar-refractivity contribution is 0.0766. The monoisotopic (exact) mass is 224 g/mol. The first kappa shape index (κ1) is 10.0. The number of rotatable bonds is 2. The zero-order chi connectivity index (χ0) is 11.7. The standard InChI is InChI=1S/C14H12N2O/c17-14-12-7-4-8-15-13(12)10-16(14)9-11-5-2-1-3-6-11/h1-8H,9-10H2. The van der Waals surface area contributed by atoms with Crippen molar-refractivity contribution >= 4 is 5.91 Å². The molecule has 1 aromatic carbocycles. The van der Waals surface area contributed by atoms with Gasteiger partial charge in [-0.25, -0.2) is 0 Å². The van der Waals surface area contributed by atoms with Crippen LogP contribution in [-0.4, -0.2) is 15.8 Å².